The lowest BCUT2D eigenvalue weighted by atomic mass is 9.83. The van der Waals surface area contributed by atoms with Gasteiger partial charge in [-0.2, -0.15) is 0 Å². The molecule has 0 aliphatic carbocycles. The maximum absolute atomic E-state index is 9.55. The molecule has 1 aromatic heterocycles. The number of rotatable bonds is 5. The molecule has 3 rings (SSSR count). The molecule has 2 N–H and O–H groups in total. The van der Waals surface area contributed by atoms with E-state index in [4.69, 9.17) is 0 Å². The molecule has 22 heavy (non-hydrogen) atoms. The zero-order valence-electron chi connectivity index (χ0n) is 13.0. The fourth-order valence-electron chi connectivity index (χ4n) is 3.00. The second-order valence-electron chi connectivity index (χ2n) is 6.42. The minimum atomic E-state index is 0.0411. The number of para-hydroxylation sites is 1. The van der Waals surface area contributed by atoms with Gasteiger partial charge in [-0.1, -0.05) is 25.1 Å². The van der Waals surface area contributed by atoms with E-state index in [-0.39, 0.29) is 12.0 Å². The monoisotopic (exact) mass is 317 g/mol. The van der Waals surface area contributed by atoms with E-state index in [1.165, 1.54) is 0 Å². The van der Waals surface area contributed by atoms with Crippen LogP contribution in [0.1, 0.15) is 25.5 Å². The summed E-state index contributed by atoms with van der Waals surface area (Å²) in [6, 6.07) is 10.1. The standard InChI is InChI=1S/C17H23N3OS/c1-17(13-21)8-5-9-20(12-17)10-15-11-22-16(19-15)18-14-6-3-2-4-7-14/h2-4,6-7,11,21H,5,8-10,12-13H2,1H3,(H,18,19). The van der Waals surface area contributed by atoms with E-state index in [0.717, 1.165) is 49.0 Å². The highest BCUT2D eigenvalue weighted by Crippen LogP contribution is 2.30. The second-order valence-corrected chi connectivity index (χ2v) is 7.28. The fraction of sp³-hybridized carbons (Fsp3) is 0.471. The maximum Gasteiger partial charge on any atom is 0.187 e. The predicted octanol–water partition coefficient (Wildman–Crippen LogP) is 3.48. The Hall–Kier alpha value is -1.43. The quantitative estimate of drug-likeness (QED) is 0.886. The lowest BCUT2D eigenvalue weighted by Gasteiger charge is -2.39. The minimum Gasteiger partial charge on any atom is -0.396 e. The van der Waals surface area contributed by atoms with Gasteiger partial charge in [-0.05, 0) is 31.5 Å². The first-order valence-corrected chi connectivity index (χ1v) is 8.65. The number of nitrogens with zero attached hydrogens (tertiary/aromatic N) is 2. The first-order chi connectivity index (χ1) is 10.7. The number of benzene rings is 1. The predicted molar refractivity (Wildman–Crippen MR) is 91.5 cm³/mol. The van der Waals surface area contributed by atoms with E-state index in [1.807, 2.05) is 30.3 Å². The van der Waals surface area contributed by atoms with E-state index in [2.05, 4.69) is 27.5 Å². The van der Waals surface area contributed by atoms with Crippen molar-refractivity contribution in [3.63, 3.8) is 0 Å². The van der Waals surface area contributed by atoms with Gasteiger partial charge in [0.05, 0.1) is 5.69 Å². The third-order valence-electron chi connectivity index (χ3n) is 4.20. The Labute approximate surface area is 135 Å². The molecule has 1 fully saturated rings. The highest BCUT2D eigenvalue weighted by molar-refractivity contribution is 7.13. The number of likely N-dealkylation sites (tertiary alicyclic amines) is 1. The lowest BCUT2D eigenvalue weighted by molar-refractivity contribution is 0.0424. The molecule has 1 unspecified atom stereocenters. The number of piperidine rings is 1. The molecule has 0 radical (unpaired) electrons. The summed E-state index contributed by atoms with van der Waals surface area (Å²) in [5.41, 5.74) is 2.21. The first-order valence-electron chi connectivity index (χ1n) is 7.77. The van der Waals surface area contributed by atoms with E-state index in [9.17, 15) is 5.11 Å². The van der Waals surface area contributed by atoms with Gasteiger partial charge in [0.15, 0.2) is 5.13 Å². The Morgan fingerprint density at radius 2 is 2.18 bits per heavy atom. The molecule has 4 nitrogen and oxygen atoms in total. The van der Waals surface area contributed by atoms with Crippen molar-refractivity contribution in [2.75, 3.05) is 25.0 Å². The van der Waals surface area contributed by atoms with Gasteiger partial charge in [0.2, 0.25) is 0 Å². The van der Waals surface area contributed by atoms with Crippen LogP contribution in [0.2, 0.25) is 0 Å². The zero-order chi connectivity index (χ0) is 15.4. The van der Waals surface area contributed by atoms with E-state index in [0.29, 0.717) is 0 Å². The molecule has 0 amide bonds. The number of hydrogen-bond acceptors (Lipinski definition) is 5. The average molecular weight is 317 g/mol. The lowest BCUT2D eigenvalue weighted by Crippen LogP contribution is -2.43. The molecular formula is C17H23N3OS. The van der Waals surface area contributed by atoms with Crippen LogP contribution in [-0.2, 0) is 6.54 Å². The van der Waals surface area contributed by atoms with E-state index < -0.39 is 0 Å². The van der Waals surface area contributed by atoms with Crippen molar-refractivity contribution in [2.24, 2.45) is 5.41 Å². The maximum atomic E-state index is 9.55. The van der Waals surface area contributed by atoms with Crippen molar-refractivity contribution in [3.05, 3.63) is 41.4 Å². The summed E-state index contributed by atoms with van der Waals surface area (Å²) in [5, 5.41) is 15.9. The molecule has 0 bridgehead atoms. The molecule has 1 aliphatic rings. The van der Waals surface area contributed by atoms with Crippen LogP contribution in [0.5, 0.6) is 0 Å². The topological polar surface area (TPSA) is 48.4 Å². The molecule has 5 heteroatoms. The molecule has 2 aromatic rings. The van der Waals surface area contributed by atoms with Gasteiger partial charge in [0, 0.05) is 36.2 Å². The summed E-state index contributed by atoms with van der Waals surface area (Å²) < 4.78 is 0. The number of hydrogen-bond donors (Lipinski definition) is 2. The molecule has 0 spiro atoms. The van der Waals surface area contributed by atoms with Crippen LogP contribution in [-0.4, -0.2) is 34.7 Å². The number of anilines is 2. The fourth-order valence-corrected chi connectivity index (χ4v) is 3.72. The molecular weight excluding hydrogens is 294 g/mol. The largest absolute Gasteiger partial charge is 0.396 e. The number of aliphatic hydroxyl groups excluding tert-OH is 1. The van der Waals surface area contributed by atoms with E-state index >= 15 is 0 Å². The highest BCUT2D eigenvalue weighted by atomic mass is 32.1. The second kappa shape index (κ2) is 6.77. The Balaban J connectivity index is 1.60. The van der Waals surface area contributed by atoms with Crippen LogP contribution < -0.4 is 5.32 Å². The van der Waals surface area contributed by atoms with Crippen molar-refractivity contribution in [1.82, 2.24) is 9.88 Å². The van der Waals surface area contributed by atoms with E-state index in [1.54, 1.807) is 11.3 Å². The van der Waals surface area contributed by atoms with Crippen molar-refractivity contribution in [1.29, 1.82) is 0 Å². The number of aliphatic hydroxyl groups is 1. The number of thiazole rings is 1. The highest BCUT2D eigenvalue weighted by Gasteiger charge is 2.30. The normalized spacial score (nSPS) is 22.6. The SMILES string of the molecule is CC1(CO)CCCN(Cc2csc(Nc3ccccc3)n2)C1. The Bertz CT molecular complexity index is 601. The molecule has 1 aliphatic heterocycles. The van der Waals surface area contributed by atoms with Crippen molar-refractivity contribution >= 4 is 22.2 Å². The summed E-state index contributed by atoms with van der Waals surface area (Å²) in [6.45, 7) is 5.34. The summed E-state index contributed by atoms with van der Waals surface area (Å²) >= 11 is 1.64. The average Bonchev–Trinajstić information content (AvgIpc) is 2.95. The molecule has 1 atom stereocenters. The van der Waals surface area contributed by atoms with Crippen molar-refractivity contribution < 1.29 is 5.11 Å². The van der Waals surface area contributed by atoms with Gasteiger partial charge in [0.25, 0.3) is 0 Å². The summed E-state index contributed by atoms with van der Waals surface area (Å²) in [7, 11) is 0. The first kappa shape index (κ1) is 15.5. The van der Waals surface area contributed by atoms with Crippen LogP contribution in [0.4, 0.5) is 10.8 Å². The third kappa shape index (κ3) is 3.85. The molecule has 1 aromatic carbocycles. The van der Waals surface area contributed by atoms with Crippen LogP contribution >= 0.6 is 11.3 Å². The van der Waals surface area contributed by atoms with Crippen LogP contribution in [0, 0.1) is 5.41 Å². The molecule has 118 valence electrons. The van der Waals surface area contributed by atoms with Crippen LogP contribution in [0.15, 0.2) is 35.7 Å². The number of aromatic nitrogens is 1. The zero-order valence-corrected chi connectivity index (χ0v) is 13.8. The molecule has 1 saturated heterocycles. The van der Waals surface area contributed by atoms with Gasteiger partial charge >= 0.3 is 0 Å². The Kier molecular flexibility index (Phi) is 4.76. The smallest absolute Gasteiger partial charge is 0.187 e. The third-order valence-corrected chi connectivity index (χ3v) is 5.01. The van der Waals surface area contributed by atoms with Gasteiger partial charge in [0.1, 0.15) is 0 Å². The van der Waals surface area contributed by atoms with Crippen molar-refractivity contribution in [3.8, 4) is 0 Å². The number of nitrogens with one attached hydrogen (secondary N) is 1. The van der Waals surface area contributed by atoms with Gasteiger partial charge < -0.3 is 10.4 Å². The Morgan fingerprint density at radius 3 is 2.95 bits per heavy atom. The summed E-state index contributed by atoms with van der Waals surface area (Å²) in [6.07, 6.45) is 2.26. The summed E-state index contributed by atoms with van der Waals surface area (Å²) in [4.78, 5) is 7.08. The van der Waals surface area contributed by atoms with Crippen molar-refractivity contribution in [2.45, 2.75) is 26.3 Å². The van der Waals surface area contributed by atoms with Crippen LogP contribution in [0.3, 0.4) is 0 Å². The molecule has 2 heterocycles. The molecule has 0 saturated carbocycles. The summed E-state index contributed by atoms with van der Waals surface area (Å²) in [5.74, 6) is 0. The van der Waals surface area contributed by atoms with Gasteiger partial charge in [-0.15, -0.1) is 11.3 Å². The minimum absolute atomic E-state index is 0.0411. The Morgan fingerprint density at radius 1 is 1.36 bits per heavy atom. The van der Waals surface area contributed by atoms with Gasteiger partial charge in [-0.25, -0.2) is 4.98 Å². The van der Waals surface area contributed by atoms with Crippen LogP contribution in [0.25, 0.3) is 0 Å². The van der Waals surface area contributed by atoms with Gasteiger partial charge in [-0.3, -0.25) is 4.90 Å².